The summed E-state index contributed by atoms with van der Waals surface area (Å²) in [6, 6.07) is 15.3. The summed E-state index contributed by atoms with van der Waals surface area (Å²) in [6.07, 6.45) is 3.02. The number of H-pyrrole nitrogens is 1. The maximum atomic E-state index is 10.8. The zero-order chi connectivity index (χ0) is 15.4. The Hall–Kier alpha value is -2.30. The van der Waals surface area contributed by atoms with E-state index in [1.54, 1.807) is 12.1 Å². The van der Waals surface area contributed by atoms with Gasteiger partial charge in [0.2, 0.25) is 0 Å². The van der Waals surface area contributed by atoms with Crippen LogP contribution in [0.1, 0.15) is 21.5 Å². The number of rotatable bonds is 6. The molecule has 0 amide bonds. The minimum absolute atomic E-state index is 0. The summed E-state index contributed by atoms with van der Waals surface area (Å²) < 4.78 is 0. The lowest BCUT2D eigenvalue weighted by atomic mass is 10.1. The minimum Gasteiger partial charge on any atom is -0.478 e. The van der Waals surface area contributed by atoms with Gasteiger partial charge in [-0.1, -0.05) is 30.3 Å². The number of para-hydroxylation sites is 1. The highest BCUT2D eigenvalue weighted by Crippen LogP contribution is 2.17. The van der Waals surface area contributed by atoms with E-state index in [-0.39, 0.29) is 12.4 Å². The number of nitrogens with one attached hydrogen (secondary N) is 2. The second-order valence-corrected chi connectivity index (χ2v) is 5.29. The van der Waals surface area contributed by atoms with Gasteiger partial charge in [0, 0.05) is 23.6 Å². The molecule has 3 N–H and O–H groups in total. The molecule has 1 aromatic heterocycles. The monoisotopic (exact) mass is 330 g/mol. The van der Waals surface area contributed by atoms with Gasteiger partial charge in [0.05, 0.1) is 5.56 Å². The number of carboxylic acids is 1. The SMILES string of the molecule is Cl.O=C(O)c1ccc(CNCCc2c[nH]c3ccccc23)cc1. The van der Waals surface area contributed by atoms with Crippen molar-refractivity contribution in [2.75, 3.05) is 6.54 Å². The van der Waals surface area contributed by atoms with Crippen LogP contribution < -0.4 is 5.32 Å². The van der Waals surface area contributed by atoms with Crippen molar-refractivity contribution in [2.45, 2.75) is 13.0 Å². The fourth-order valence-electron chi connectivity index (χ4n) is 2.56. The van der Waals surface area contributed by atoms with Gasteiger partial charge >= 0.3 is 5.97 Å². The number of aromatic carboxylic acids is 1. The summed E-state index contributed by atoms with van der Waals surface area (Å²) in [5.41, 5.74) is 3.89. The van der Waals surface area contributed by atoms with Crippen molar-refractivity contribution in [3.8, 4) is 0 Å². The molecule has 0 spiro atoms. The molecule has 1 heterocycles. The van der Waals surface area contributed by atoms with E-state index >= 15 is 0 Å². The highest BCUT2D eigenvalue weighted by molar-refractivity contribution is 5.87. The maximum absolute atomic E-state index is 10.8. The van der Waals surface area contributed by atoms with Crippen LogP contribution >= 0.6 is 12.4 Å². The number of halogens is 1. The van der Waals surface area contributed by atoms with Gasteiger partial charge in [-0.25, -0.2) is 4.79 Å². The Morgan fingerprint density at radius 2 is 1.83 bits per heavy atom. The lowest BCUT2D eigenvalue weighted by Crippen LogP contribution is -2.16. The zero-order valence-corrected chi connectivity index (χ0v) is 13.4. The van der Waals surface area contributed by atoms with Gasteiger partial charge in [0.15, 0.2) is 0 Å². The molecule has 0 fully saturated rings. The van der Waals surface area contributed by atoms with Gasteiger partial charge in [-0.3, -0.25) is 0 Å². The van der Waals surface area contributed by atoms with E-state index in [1.165, 1.54) is 16.5 Å². The number of carbonyl (C=O) groups is 1. The number of fused-ring (bicyclic) bond motifs is 1. The summed E-state index contributed by atoms with van der Waals surface area (Å²) in [5, 5.41) is 13.5. The van der Waals surface area contributed by atoms with Gasteiger partial charge in [-0.05, 0) is 42.3 Å². The molecule has 0 bridgehead atoms. The standard InChI is InChI=1S/C18H18N2O2.ClH/c21-18(22)14-7-5-13(6-8-14)11-19-10-9-15-12-20-17-4-2-1-3-16(15)17;/h1-8,12,19-20H,9-11H2,(H,21,22);1H. The third-order valence-corrected chi connectivity index (χ3v) is 3.78. The lowest BCUT2D eigenvalue weighted by Gasteiger charge is -2.05. The molecule has 0 aliphatic carbocycles. The average Bonchev–Trinajstić information content (AvgIpc) is 2.95. The predicted octanol–water partition coefficient (Wildman–Crippen LogP) is 3.62. The van der Waals surface area contributed by atoms with E-state index in [2.05, 4.69) is 34.7 Å². The molecule has 0 saturated carbocycles. The molecule has 0 atom stereocenters. The molecule has 0 aliphatic heterocycles. The van der Waals surface area contributed by atoms with Crippen LogP contribution in [-0.4, -0.2) is 22.6 Å². The number of aromatic nitrogens is 1. The van der Waals surface area contributed by atoms with Crippen LogP contribution in [0.15, 0.2) is 54.7 Å². The number of carboxylic acid groups (broad SMARTS) is 1. The Kier molecular flexibility index (Phi) is 5.79. The first-order chi connectivity index (χ1) is 10.7. The van der Waals surface area contributed by atoms with E-state index in [0.29, 0.717) is 5.56 Å². The van der Waals surface area contributed by atoms with Crippen molar-refractivity contribution in [3.63, 3.8) is 0 Å². The molecular weight excluding hydrogens is 312 g/mol. The van der Waals surface area contributed by atoms with E-state index in [9.17, 15) is 4.79 Å². The number of benzene rings is 2. The highest BCUT2D eigenvalue weighted by atomic mass is 35.5. The summed E-state index contributed by atoms with van der Waals surface area (Å²) >= 11 is 0. The van der Waals surface area contributed by atoms with E-state index in [0.717, 1.165) is 25.1 Å². The molecule has 5 heteroatoms. The molecule has 3 aromatic rings. The van der Waals surface area contributed by atoms with Gasteiger partial charge < -0.3 is 15.4 Å². The Morgan fingerprint density at radius 1 is 1.09 bits per heavy atom. The van der Waals surface area contributed by atoms with Gasteiger partial charge in [0.1, 0.15) is 0 Å². The third kappa shape index (κ3) is 4.12. The van der Waals surface area contributed by atoms with Crippen LogP contribution in [0.25, 0.3) is 10.9 Å². The fourth-order valence-corrected chi connectivity index (χ4v) is 2.56. The largest absolute Gasteiger partial charge is 0.478 e. The quantitative estimate of drug-likeness (QED) is 0.605. The lowest BCUT2D eigenvalue weighted by molar-refractivity contribution is 0.0697. The van der Waals surface area contributed by atoms with Crippen molar-refractivity contribution in [2.24, 2.45) is 0 Å². The Balaban J connectivity index is 0.00000192. The van der Waals surface area contributed by atoms with Crippen LogP contribution in [0.4, 0.5) is 0 Å². The third-order valence-electron chi connectivity index (χ3n) is 3.78. The van der Waals surface area contributed by atoms with Crippen LogP contribution in [0.2, 0.25) is 0 Å². The van der Waals surface area contributed by atoms with E-state index in [1.807, 2.05) is 18.2 Å². The van der Waals surface area contributed by atoms with Crippen molar-refractivity contribution in [1.29, 1.82) is 0 Å². The Bertz CT molecular complexity index is 781. The number of hydrogen-bond acceptors (Lipinski definition) is 2. The first-order valence-corrected chi connectivity index (χ1v) is 7.32. The topological polar surface area (TPSA) is 65.1 Å². The van der Waals surface area contributed by atoms with Crippen molar-refractivity contribution >= 4 is 29.3 Å². The highest BCUT2D eigenvalue weighted by Gasteiger charge is 2.03. The average molecular weight is 331 g/mol. The molecule has 0 aliphatic rings. The Morgan fingerprint density at radius 3 is 2.57 bits per heavy atom. The van der Waals surface area contributed by atoms with Gasteiger partial charge in [0.25, 0.3) is 0 Å². The molecule has 4 nitrogen and oxygen atoms in total. The number of hydrogen-bond donors (Lipinski definition) is 3. The van der Waals surface area contributed by atoms with Crippen molar-refractivity contribution < 1.29 is 9.90 Å². The van der Waals surface area contributed by atoms with Crippen LogP contribution in [0.5, 0.6) is 0 Å². The molecule has 0 radical (unpaired) electrons. The van der Waals surface area contributed by atoms with E-state index in [4.69, 9.17) is 5.11 Å². The first kappa shape index (κ1) is 17.1. The maximum Gasteiger partial charge on any atom is 0.335 e. The van der Waals surface area contributed by atoms with E-state index < -0.39 is 5.97 Å². The smallest absolute Gasteiger partial charge is 0.335 e. The molecular formula is C18H19ClN2O2. The molecule has 0 saturated heterocycles. The van der Waals surface area contributed by atoms with Gasteiger partial charge in [-0.15, -0.1) is 12.4 Å². The van der Waals surface area contributed by atoms with Crippen LogP contribution in [0.3, 0.4) is 0 Å². The second-order valence-electron chi connectivity index (χ2n) is 5.29. The van der Waals surface area contributed by atoms with Crippen LogP contribution in [0, 0.1) is 0 Å². The predicted molar refractivity (Wildman–Crippen MR) is 94.4 cm³/mol. The van der Waals surface area contributed by atoms with Crippen LogP contribution in [-0.2, 0) is 13.0 Å². The molecule has 3 rings (SSSR count). The first-order valence-electron chi connectivity index (χ1n) is 7.32. The molecule has 2 aromatic carbocycles. The summed E-state index contributed by atoms with van der Waals surface area (Å²) in [6.45, 7) is 1.62. The second kappa shape index (κ2) is 7.81. The normalized spacial score (nSPS) is 10.4. The molecule has 0 unspecified atom stereocenters. The molecule has 120 valence electrons. The fraction of sp³-hybridized carbons (Fsp3) is 0.167. The zero-order valence-electron chi connectivity index (χ0n) is 12.6. The summed E-state index contributed by atoms with van der Waals surface area (Å²) in [4.78, 5) is 14.1. The Labute approximate surface area is 140 Å². The summed E-state index contributed by atoms with van der Waals surface area (Å²) in [5.74, 6) is -0.890. The minimum atomic E-state index is -0.890. The number of aromatic amines is 1. The summed E-state index contributed by atoms with van der Waals surface area (Å²) in [7, 11) is 0. The van der Waals surface area contributed by atoms with Crippen molar-refractivity contribution in [3.05, 3.63) is 71.4 Å². The van der Waals surface area contributed by atoms with Crippen molar-refractivity contribution in [1.82, 2.24) is 10.3 Å². The molecule has 23 heavy (non-hydrogen) atoms. The van der Waals surface area contributed by atoms with Gasteiger partial charge in [-0.2, -0.15) is 0 Å².